The van der Waals surface area contributed by atoms with Gasteiger partial charge in [0.15, 0.2) is 5.82 Å². The van der Waals surface area contributed by atoms with E-state index in [9.17, 15) is 14.3 Å². The molecule has 0 spiro atoms. The molecule has 0 saturated carbocycles. The molecule has 0 aliphatic carbocycles. The number of rotatable bonds is 3. The van der Waals surface area contributed by atoms with Crippen molar-refractivity contribution in [1.29, 1.82) is 0 Å². The number of nitrogens with one attached hydrogen (secondary N) is 3. The fourth-order valence-corrected chi connectivity index (χ4v) is 2.60. The van der Waals surface area contributed by atoms with Crippen molar-refractivity contribution in [3.63, 3.8) is 0 Å². The summed E-state index contributed by atoms with van der Waals surface area (Å²) in [5.74, 6) is -0.261. The molecule has 170 valence electrons. The summed E-state index contributed by atoms with van der Waals surface area (Å²) in [5.41, 5.74) is 7.02. The molecular weight excluding hydrogens is 413 g/mol. The highest BCUT2D eigenvalue weighted by Crippen LogP contribution is 2.22. The van der Waals surface area contributed by atoms with Crippen LogP contribution in [0.4, 0.5) is 21.6 Å². The Morgan fingerprint density at radius 1 is 1.41 bits per heavy atom. The number of hydrogen-bond donors (Lipinski definition) is 5. The van der Waals surface area contributed by atoms with Crippen LogP contribution in [0.15, 0.2) is 58.2 Å². The molecule has 1 aliphatic heterocycles. The quantitative estimate of drug-likeness (QED) is 0.368. The first-order valence-electron chi connectivity index (χ1n) is 10.0. The van der Waals surface area contributed by atoms with Crippen molar-refractivity contribution in [2.24, 2.45) is 9.98 Å². The minimum atomic E-state index is -0.454. The topological polar surface area (TPSA) is 141 Å². The molecule has 2 heterocycles. The van der Waals surface area contributed by atoms with E-state index in [0.29, 0.717) is 43.0 Å². The molecule has 1 atom stereocenters. The summed E-state index contributed by atoms with van der Waals surface area (Å²) in [6.45, 7) is 6.26. The van der Waals surface area contributed by atoms with Crippen LogP contribution in [0.5, 0.6) is 0 Å². The number of hydrogen-bond acceptors (Lipinski definition) is 7. The summed E-state index contributed by atoms with van der Waals surface area (Å²) >= 11 is 0. The van der Waals surface area contributed by atoms with Crippen LogP contribution in [0, 0.1) is 12.7 Å². The predicted octanol–water partition coefficient (Wildman–Crippen LogP) is 2.65. The lowest BCUT2D eigenvalue weighted by atomic mass is 10.2. The highest BCUT2D eigenvalue weighted by Gasteiger charge is 2.09. The number of aliphatic hydroxyl groups is 1. The van der Waals surface area contributed by atoms with Crippen LogP contribution >= 0.6 is 0 Å². The number of aryl methyl sites for hydroxylation is 1. The normalized spacial score (nSPS) is 19.0. The van der Waals surface area contributed by atoms with Gasteiger partial charge < -0.3 is 21.5 Å². The Morgan fingerprint density at radius 3 is 2.91 bits per heavy atom. The van der Waals surface area contributed by atoms with Crippen LogP contribution in [-0.4, -0.2) is 53.3 Å². The standard InChI is InChI=1S/C15H21N5O2.C7H7FN2/c1-11-9-14(20-19-11)18-15(22)12-3-2-6-16-7-4-13(21)5-8-17-10-12;1-10-6-4-2-3-5(8)7(6)9/h2-3,6,9-10,13,16,21H,4-5,7-8H2,1H3,(H2,18,19,20,22);2-4H,1,9H2/b6-2+,12-3+,17-10?;. The highest BCUT2D eigenvalue weighted by atomic mass is 19.1. The van der Waals surface area contributed by atoms with Gasteiger partial charge in [-0.3, -0.25) is 19.9 Å². The summed E-state index contributed by atoms with van der Waals surface area (Å²) in [6.07, 6.45) is 7.56. The number of allylic oxidation sites excluding steroid dienone is 2. The molecule has 10 heteroatoms. The van der Waals surface area contributed by atoms with E-state index >= 15 is 0 Å². The van der Waals surface area contributed by atoms with Gasteiger partial charge in [-0.05, 0) is 57.0 Å². The van der Waals surface area contributed by atoms with Gasteiger partial charge in [0.1, 0.15) is 5.82 Å². The number of nitrogens with zero attached hydrogens (tertiary/aromatic N) is 3. The molecule has 0 saturated heterocycles. The van der Waals surface area contributed by atoms with Crippen LogP contribution in [0.2, 0.25) is 0 Å². The van der Waals surface area contributed by atoms with E-state index in [1.807, 2.05) is 6.92 Å². The largest absolute Gasteiger partial charge is 0.395 e. The number of aromatic nitrogens is 2. The Morgan fingerprint density at radius 2 is 2.22 bits per heavy atom. The lowest BCUT2D eigenvalue weighted by molar-refractivity contribution is -0.112. The number of carbonyl (C=O) groups is 1. The molecule has 1 aromatic carbocycles. The molecule has 1 aromatic heterocycles. The van der Waals surface area contributed by atoms with Crippen molar-refractivity contribution < 1.29 is 14.3 Å². The van der Waals surface area contributed by atoms with Gasteiger partial charge in [-0.2, -0.15) is 5.10 Å². The first-order chi connectivity index (χ1) is 15.4. The third kappa shape index (κ3) is 8.15. The van der Waals surface area contributed by atoms with Crippen molar-refractivity contribution in [2.45, 2.75) is 25.9 Å². The maximum absolute atomic E-state index is 12.6. The van der Waals surface area contributed by atoms with Gasteiger partial charge in [-0.25, -0.2) is 4.39 Å². The molecule has 1 aliphatic rings. The summed E-state index contributed by atoms with van der Waals surface area (Å²) in [5, 5.41) is 22.2. The van der Waals surface area contributed by atoms with Crippen molar-refractivity contribution in [3.05, 3.63) is 59.7 Å². The monoisotopic (exact) mass is 441 g/mol. The van der Waals surface area contributed by atoms with Crippen LogP contribution in [0.1, 0.15) is 18.5 Å². The number of halogens is 1. The maximum atomic E-state index is 12.6. The molecule has 2 aromatic rings. The average Bonchev–Trinajstić information content (AvgIpc) is 3.17. The van der Waals surface area contributed by atoms with Gasteiger partial charge in [0.2, 0.25) is 0 Å². The van der Waals surface area contributed by atoms with Crippen molar-refractivity contribution in [1.82, 2.24) is 15.5 Å². The SMILES string of the molecule is C=Nc1cccc(F)c1N.Cc1cc(NC(=O)/C2=C/C=C/NCCC(O)CCN=C2)n[nH]1. The van der Waals surface area contributed by atoms with Crippen LogP contribution in [-0.2, 0) is 4.79 Å². The third-order valence-corrected chi connectivity index (χ3v) is 4.34. The van der Waals surface area contributed by atoms with Gasteiger partial charge in [0.05, 0.1) is 23.1 Å². The number of benzene rings is 1. The van der Waals surface area contributed by atoms with Gasteiger partial charge in [-0.15, -0.1) is 0 Å². The Balaban J connectivity index is 0.000000303. The number of nitrogens with two attached hydrogens (primary N) is 1. The molecule has 1 amide bonds. The minimum absolute atomic E-state index is 0.0532. The second-order valence-corrected chi connectivity index (χ2v) is 6.92. The van der Waals surface area contributed by atoms with E-state index in [1.165, 1.54) is 18.3 Å². The number of anilines is 2. The lowest BCUT2D eigenvalue weighted by Crippen LogP contribution is -2.18. The zero-order valence-electron chi connectivity index (χ0n) is 17.9. The molecular formula is C22H28FN7O2. The van der Waals surface area contributed by atoms with E-state index in [2.05, 4.69) is 37.5 Å². The summed E-state index contributed by atoms with van der Waals surface area (Å²) < 4.78 is 12.6. The number of aliphatic imine (C=N–C) groups is 2. The molecule has 1 unspecified atom stereocenters. The Bertz CT molecular complexity index is 998. The fourth-order valence-electron chi connectivity index (χ4n) is 2.60. The summed E-state index contributed by atoms with van der Waals surface area (Å²) in [7, 11) is 0. The Labute approximate surface area is 186 Å². The zero-order valence-corrected chi connectivity index (χ0v) is 17.9. The second kappa shape index (κ2) is 12.8. The van der Waals surface area contributed by atoms with Crippen molar-refractivity contribution in [2.75, 3.05) is 24.1 Å². The number of aromatic amines is 1. The van der Waals surface area contributed by atoms with E-state index < -0.39 is 5.82 Å². The number of aliphatic hydroxyl groups excluding tert-OH is 1. The fraction of sp³-hybridized carbons (Fsp3) is 0.273. The smallest absolute Gasteiger partial charge is 0.258 e. The average molecular weight is 442 g/mol. The molecule has 0 bridgehead atoms. The molecule has 6 N–H and O–H groups in total. The van der Waals surface area contributed by atoms with Gasteiger partial charge in [-0.1, -0.05) is 6.07 Å². The summed E-state index contributed by atoms with van der Waals surface area (Å²) in [6, 6.07) is 6.17. The number of H-pyrrole nitrogens is 1. The lowest BCUT2D eigenvalue weighted by Gasteiger charge is -2.09. The molecule has 3 rings (SSSR count). The van der Waals surface area contributed by atoms with Crippen molar-refractivity contribution >= 4 is 36.0 Å². The number of carbonyl (C=O) groups excluding carboxylic acids is 1. The number of nitrogen functional groups attached to an aromatic ring is 1. The Kier molecular flexibility index (Phi) is 9.79. The molecule has 9 nitrogen and oxygen atoms in total. The van der Waals surface area contributed by atoms with E-state index in [0.717, 1.165) is 5.69 Å². The van der Waals surface area contributed by atoms with Gasteiger partial charge in [0.25, 0.3) is 5.91 Å². The number of para-hydroxylation sites is 1. The van der Waals surface area contributed by atoms with Gasteiger partial charge in [0, 0.05) is 31.1 Å². The predicted molar refractivity (Wildman–Crippen MR) is 126 cm³/mol. The first kappa shape index (κ1) is 24.5. The van der Waals surface area contributed by atoms with E-state index in [4.69, 9.17) is 5.73 Å². The van der Waals surface area contributed by atoms with Crippen LogP contribution in [0.25, 0.3) is 0 Å². The highest BCUT2D eigenvalue weighted by molar-refractivity contribution is 6.17. The van der Waals surface area contributed by atoms with Crippen LogP contribution < -0.4 is 16.4 Å². The zero-order chi connectivity index (χ0) is 23.3. The van der Waals surface area contributed by atoms with Gasteiger partial charge >= 0.3 is 0 Å². The molecule has 32 heavy (non-hydrogen) atoms. The third-order valence-electron chi connectivity index (χ3n) is 4.34. The summed E-state index contributed by atoms with van der Waals surface area (Å²) in [4.78, 5) is 20.0. The number of amides is 1. The van der Waals surface area contributed by atoms with E-state index in [-0.39, 0.29) is 17.7 Å². The first-order valence-corrected chi connectivity index (χ1v) is 10.0. The van der Waals surface area contributed by atoms with Crippen molar-refractivity contribution in [3.8, 4) is 0 Å². The molecule has 0 fully saturated rings. The second-order valence-electron chi connectivity index (χ2n) is 6.92. The van der Waals surface area contributed by atoms with E-state index in [1.54, 1.807) is 30.5 Å². The Hall–Kier alpha value is -3.79. The molecule has 0 radical (unpaired) electrons. The van der Waals surface area contributed by atoms with Crippen LogP contribution in [0.3, 0.4) is 0 Å². The minimum Gasteiger partial charge on any atom is -0.395 e. The maximum Gasteiger partial charge on any atom is 0.258 e.